The molecule has 1 atom stereocenters. The van der Waals surface area contributed by atoms with Gasteiger partial charge in [0.1, 0.15) is 17.2 Å². The smallest absolute Gasteiger partial charge is 0.343 e. The zero-order valence-corrected chi connectivity index (χ0v) is 21.6. The van der Waals surface area contributed by atoms with Crippen LogP contribution in [0, 0.1) is 0 Å². The van der Waals surface area contributed by atoms with Gasteiger partial charge in [-0.25, -0.2) is 9.59 Å². The average Bonchev–Trinajstić information content (AvgIpc) is 3.24. The molecule has 2 aromatic carbocycles. The van der Waals surface area contributed by atoms with E-state index in [4.69, 9.17) is 23.7 Å². The molecule has 0 unspecified atom stereocenters. The molecule has 7 nitrogen and oxygen atoms in total. The molecule has 7 heteroatoms. The van der Waals surface area contributed by atoms with Gasteiger partial charge in [0, 0.05) is 0 Å². The molecule has 0 aliphatic carbocycles. The van der Waals surface area contributed by atoms with Gasteiger partial charge in [-0.3, -0.25) is 0 Å². The van der Waals surface area contributed by atoms with E-state index in [-0.39, 0.29) is 6.61 Å². The minimum atomic E-state index is -0.806. The second kappa shape index (κ2) is 14.0. The van der Waals surface area contributed by atoms with Crippen molar-refractivity contribution in [3.8, 4) is 17.2 Å². The van der Waals surface area contributed by atoms with Gasteiger partial charge in [0.15, 0.2) is 11.9 Å². The predicted octanol–water partition coefficient (Wildman–Crippen LogP) is 6.48. The van der Waals surface area contributed by atoms with Crippen molar-refractivity contribution >= 4 is 11.9 Å². The highest BCUT2D eigenvalue weighted by molar-refractivity contribution is 5.91. The summed E-state index contributed by atoms with van der Waals surface area (Å²) in [7, 11) is 0. The summed E-state index contributed by atoms with van der Waals surface area (Å²) in [6.07, 6.45) is 9.27. The number of hydrogen-bond acceptors (Lipinski definition) is 7. The van der Waals surface area contributed by atoms with Crippen LogP contribution in [-0.2, 0) is 14.3 Å². The summed E-state index contributed by atoms with van der Waals surface area (Å²) in [4.78, 5) is 24.7. The van der Waals surface area contributed by atoms with Crippen LogP contribution >= 0.6 is 0 Å². The summed E-state index contributed by atoms with van der Waals surface area (Å²) in [5, 5.41) is 0. The van der Waals surface area contributed by atoms with Gasteiger partial charge in [0.25, 0.3) is 0 Å². The van der Waals surface area contributed by atoms with Crippen molar-refractivity contribution in [3.63, 3.8) is 0 Å². The second-order valence-electron chi connectivity index (χ2n) is 9.45. The molecule has 196 valence electrons. The Morgan fingerprint density at radius 2 is 1.36 bits per heavy atom. The molecule has 0 amide bonds. The molecule has 1 saturated heterocycles. The van der Waals surface area contributed by atoms with E-state index < -0.39 is 23.8 Å². The molecule has 0 N–H and O–H groups in total. The molecular formula is C29H38O7. The Morgan fingerprint density at radius 1 is 0.806 bits per heavy atom. The van der Waals surface area contributed by atoms with E-state index in [1.807, 2.05) is 0 Å². The van der Waals surface area contributed by atoms with Gasteiger partial charge >= 0.3 is 11.9 Å². The SMILES string of the molecule is CCCCCCCCCCOc1ccc(C(=O)Oc2ccc(OC(=O)[C@H]3COC(C)(C)O3)cc2)cc1. The van der Waals surface area contributed by atoms with Crippen LogP contribution in [0.4, 0.5) is 0 Å². The Bertz CT molecular complexity index is 951. The highest BCUT2D eigenvalue weighted by Crippen LogP contribution is 2.25. The van der Waals surface area contributed by atoms with Gasteiger partial charge in [0.2, 0.25) is 0 Å². The summed E-state index contributed by atoms with van der Waals surface area (Å²) < 4.78 is 27.4. The van der Waals surface area contributed by atoms with Crippen LogP contribution in [-0.4, -0.2) is 37.0 Å². The Hall–Kier alpha value is -2.90. The largest absolute Gasteiger partial charge is 0.494 e. The highest BCUT2D eigenvalue weighted by atomic mass is 16.8. The lowest BCUT2D eigenvalue weighted by Gasteiger charge is -2.16. The van der Waals surface area contributed by atoms with Crippen LogP contribution in [0.2, 0.25) is 0 Å². The maximum absolute atomic E-state index is 12.5. The zero-order chi connectivity index (χ0) is 25.8. The lowest BCUT2D eigenvalue weighted by atomic mass is 10.1. The molecule has 2 aromatic rings. The maximum Gasteiger partial charge on any atom is 0.343 e. The monoisotopic (exact) mass is 498 g/mol. The zero-order valence-electron chi connectivity index (χ0n) is 21.6. The van der Waals surface area contributed by atoms with Crippen molar-refractivity contribution in [1.82, 2.24) is 0 Å². The Labute approximate surface area is 214 Å². The van der Waals surface area contributed by atoms with Crippen molar-refractivity contribution in [3.05, 3.63) is 54.1 Å². The van der Waals surface area contributed by atoms with Crippen LogP contribution in [0.3, 0.4) is 0 Å². The number of hydrogen-bond donors (Lipinski definition) is 0. The number of carbonyl (C=O) groups excluding carboxylic acids is 2. The molecule has 0 radical (unpaired) electrons. The summed E-state index contributed by atoms with van der Waals surface area (Å²) in [6, 6.07) is 13.2. The van der Waals surface area contributed by atoms with E-state index >= 15 is 0 Å². The molecule has 1 aliphatic heterocycles. The number of ether oxygens (including phenoxy) is 5. The Morgan fingerprint density at radius 3 is 1.94 bits per heavy atom. The van der Waals surface area contributed by atoms with Crippen molar-refractivity contribution in [2.75, 3.05) is 13.2 Å². The second-order valence-corrected chi connectivity index (χ2v) is 9.45. The van der Waals surface area contributed by atoms with Crippen molar-refractivity contribution in [1.29, 1.82) is 0 Å². The van der Waals surface area contributed by atoms with Gasteiger partial charge in [-0.05, 0) is 68.8 Å². The van der Waals surface area contributed by atoms with Gasteiger partial charge in [0.05, 0.1) is 18.8 Å². The van der Waals surface area contributed by atoms with Gasteiger partial charge in [-0.15, -0.1) is 0 Å². The third-order valence-electron chi connectivity index (χ3n) is 5.88. The lowest BCUT2D eigenvalue weighted by Crippen LogP contribution is -2.30. The van der Waals surface area contributed by atoms with Gasteiger partial charge in [-0.2, -0.15) is 0 Å². The molecular weight excluding hydrogens is 460 g/mol. The van der Waals surface area contributed by atoms with E-state index in [1.165, 1.54) is 44.9 Å². The first kappa shape index (κ1) is 27.7. The van der Waals surface area contributed by atoms with Gasteiger partial charge in [-0.1, -0.05) is 51.9 Å². The Balaban J connectivity index is 1.36. The molecule has 0 saturated carbocycles. The topological polar surface area (TPSA) is 80.3 Å². The molecule has 0 bridgehead atoms. The normalized spacial score (nSPS) is 16.5. The standard InChI is InChI=1S/C29H38O7/c1-4-5-6-7-8-9-10-11-20-32-23-14-12-22(13-15-23)27(30)34-24-16-18-25(19-17-24)35-28(31)26-21-33-29(2,3)36-26/h12-19,26H,4-11,20-21H2,1-3H3/t26-/m1/s1. The number of benzene rings is 2. The van der Waals surface area contributed by atoms with E-state index in [9.17, 15) is 9.59 Å². The fourth-order valence-corrected chi connectivity index (χ4v) is 3.84. The van der Waals surface area contributed by atoms with Crippen LogP contribution in [0.1, 0.15) is 82.5 Å². The van der Waals surface area contributed by atoms with E-state index in [0.29, 0.717) is 23.7 Å². The molecule has 3 rings (SSSR count). The first-order chi connectivity index (χ1) is 17.4. The molecule has 1 aliphatic rings. The molecule has 1 fully saturated rings. The number of carbonyl (C=O) groups is 2. The summed E-state index contributed by atoms with van der Waals surface area (Å²) in [5.74, 6) is -0.411. The minimum absolute atomic E-state index is 0.143. The third-order valence-corrected chi connectivity index (χ3v) is 5.88. The number of rotatable bonds is 14. The molecule has 1 heterocycles. The Kier molecular flexibility index (Phi) is 10.8. The summed E-state index contributed by atoms with van der Waals surface area (Å²) in [6.45, 7) is 6.53. The quantitative estimate of drug-likeness (QED) is 0.167. The predicted molar refractivity (Wildman–Crippen MR) is 136 cm³/mol. The number of unbranched alkanes of at least 4 members (excludes halogenated alkanes) is 7. The highest BCUT2D eigenvalue weighted by Gasteiger charge is 2.38. The van der Waals surface area contributed by atoms with Crippen LogP contribution in [0.25, 0.3) is 0 Å². The third kappa shape index (κ3) is 9.28. The van der Waals surface area contributed by atoms with Crippen molar-refractivity contribution in [2.45, 2.75) is 84.0 Å². The number of esters is 2. The fourth-order valence-electron chi connectivity index (χ4n) is 3.84. The average molecular weight is 499 g/mol. The maximum atomic E-state index is 12.5. The molecule has 0 aromatic heterocycles. The van der Waals surface area contributed by atoms with Crippen LogP contribution in [0.15, 0.2) is 48.5 Å². The van der Waals surface area contributed by atoms with Gasteiger partial charge < -0.3 is 23.7 Å². The summed E-state index contributed by atoms with van der Waals surface area (Å²) in [5.41, 5.74) is 0.422. The van der Waals surface area contributed by atoms with E-state index in [0.717, 1.165) is 12.2 Å². The molecule has 0 spiro atoms. The first-order valence-electron chi connectivity index (χ1n) is 12.9. The first-order valence-corrected chi connectivity index (χ1v) is 12.9. The van der Waals surface area contributed by atoms with E-state index in [1.54, 1.807) is 62.4 Å². The van der Waals surface area contributed by atoms with Crippen molar-refractivity contribution < 1.29 is 33.3 Å². The van der Waals surface area contributed by atoms with Crippen molar-refractivity contribution in [2.24, 2.45) is 0 Å². The van der Waals surface area contributed by atoms with Crippen LogP contribution < -0.4 is 14.2 Å². The van der Waals surface area contributed by atoms with E-state index in [2.05, 4.69) is 6.92 Å². The lowest BCUT2D eigenvalue weighted by molar-refractivity contribution is -0.162. The van der Waals surface area contributed by atoms with Crippen LogP contribution in [0.5, 0.6) is 17.2 Å². The fraction of sp³-hybridized carbons (Fsp3) is 0.517. The molecule has 36 heavy (non-hydrogen) atoms. The minimum Gasteiger partial charge on any atom is -0.494 e. The summed E-state index contributed by atoms with van der Waals surface area (Å²) >= 11 is 0.